The van der Waals surface area contributed by atoms with E-state index in [1.807, 2.05) is 30.3 Å². The second kappa shape index (κ2) is 6.25. The third-order valence-electron chi connectivity index (χ3n) is 2.27. The summed E-state index contributed by atoms with van der Waals surface area (Å²) < 4.78 is 4.95. The van der Waals surface area contributed by atoms with Crippen LogP contribution in [0.1, 0.15) is 12.5 Å². The van der Waals surface area contributed by atoms with Crippen LogP contribution < -0.4 is 5.73 Å². The fourth-order valence-electron chi connectivity index (χ4n) is 1.21. The first kappa shape index (κ1) is 12.7. The highest BCUT2D eigenvalue weighted by molar-refractivity contribution is 5.76. The normalized spacial score (nSPS) is 14.2. The molecule has 1 aromatic rings. The molecule has 0 radical (unpaired) electrons. The minimum absolute atomic E-state index is 0.281. The molecule has 4 nitrogen and oxygen atoms in total. The van der Waals surface area contributed by atoms with E-state index in [0.717, 1.165) is 5.56 Å². The molecule has 2 atom stereocenters. The Morgan fingerprint density at radius 3 is 2.62 bits per heavy atom. The Morgan fingerprint density at radius 1 is 1.44 bits per heavy atom. The Labute approximate surface area is 95.0 Å². The van der Waals surface area contributed by atoms with Gasteiger partial charge in [-0.25, -0.2) is 0 Å². The summed E-state index contributed by atoms with van der Waals surface area (Å²) in [5.74, 6) is -0.564. The minimum atomic E-state index is -0.962. The van der Waals surface area contributed by atoms with Crippen molar-refractivity contribution in [3.05, 3.63) is 35.9 Å². The fourth-order valence-corrected chi connectivity index (χ4v) is 1.21. The number of hydrogen-bond donors (Lipinski definition) is 2. The van der Waals surface area contributed by atoms with Gasteiger partial charge in [0.05, 0.1) is 12.7 Å². The molecule has 2 unspecified atom stereocenters. The Morgan fingerprint density at radius 2 is 2.06 bits per heavy atom. The first-order chi connectivity index (χ1) is 7.61. The number of hydrogen-bond acceptors (Lipinski definition) is 4. The van der Waals surface area contributed by atoms with E-state index in [0.29, 0.717) is 6.42 Å². The topological polar surface area (TPSA) is 72.5 Å². The minimum Gasteiger partial charge on any atom is -0.464 e. The van der Waals surface area contributed by atoms with E-state index in [-0.39, 0.29) is 6.61 Å². The maximum atomic E-state index is 11.3. The average Bonchev–Trinajstić information content (AvgIpc) is 2.29. The Kier molecular flexibility index (Phi) is 4.95. The van der Waals surface area contributed by atoms with E-state index in [1.165, 1.54) is 6.92 Å². The van der Waals surface area contributed by atoms with Gasteiger partial charge in [0, 0.05) is 6.42 Å². The molecule has 16 heavy (non-hydrogen) atoms. The molecule has 0 aliphatic carbocycles. The van der Waals surface area contributed by atoms with Crippen molar-refractivity contribution >= 4 is 5.97 Å². The van der Waals surface area contributed by atoms with E-state index in [9.17, 15) is 4.79 Å². The summed E-state index contributed by atoms with van der Waals surface area (Å²) in [5.41, 5.74) is 6.51. The lowest BCUT2D eigenvalue weighted by Crippen LogP contribution is -2.41. The van der Waals surface area contributed by atoms with Crippen LogP contribution in [0.3, 0.4) is 0 Å². The van der Waals surface area contributed by atoms with Crippen molar-refractivity contribution in [2.24, 2.45) is 5.73 Å². The highest BCUT2D eigenvalue weighted by Gasteiger charge is 2.19. The average molecular weight is 223 g/mol. The molecule has 0 saturated heterocycles. The van der Waals surface area contributed by atoms with Gasteiger partial charge in [0.1, 0.15) is 6.04 Å². The summed E-state index contributed by atoms with van der Waals surface area (Å²) in [6, 6.07) is 8.75. The summed E-state index contributed by atoms with van der Waals surface area (Å²) in [6.07, 6.45) is -0.233. The van der Waals surface area contributed by atoms with Crippen molar-refractivity contribution in [1.82, 2.24) is 0 Å². The summed E-state index contributed by atoms with van der Waals surface area (Å²) in [4.78, 5) is 11.3. The molecule has 0 spiro atoms. The van der Waals surface area contributed by atoms with Crippen LogP contribution in [0.25, 0.3) is 0 Å². The highest BCUT2D eigenvalue weighted by Crippen LogP contribution is 2.00. The molecule has 88 valence electrons. The molecule has 0 bridgehead atoms. The number of rotatable bonds is 5. The quantitative estimate of drug-likeness (QED) is 0.712. The number of benzene rings is 1. The van der Waals surface area contributed by atoms with Crippen LogP contribution in [0.15, 0.2) is 30.3 Å². The van der Waals surface area contributed by atoms with E-state index in [2.05, 4.69) is 0 Å². The van der Waals surface area contributed by atoms with Crippen LogP contribution in [0.2, 0.25) is 0 Å². The molecule has 4 heteroatoms. The van der Waals surface area contributed by atoms with Gasteiger partial charge in [0.25, 0.3) is 0 Å². The fraction of sp³-hybridized carbons (Fsp3) is 0.417. The van der Waals surface area contributed by atoms with Crippen LogP contribution in [-0.2, 0) is 16.0 Å². The van der Waals surface area contributed by atoms with Gasteiger partial charge in [-0.2, -0.15) is 0 Å². The third-order valence-corrected chi connectivity index (χ3v) is 2.27. The molecule has 3 N–H and O–H groups in total. The molecule has 0 fully saturated rings. The number of aliphatic hydroxyl groups is 1. The Hall–Kier alpha value is -1.39. The number of ether oxygens (including phenoxy) is 1. The lowest BCUT2D eigenvalue weighted by molar-refractivity contribution is -0.147. The number of nitrogens with two attached hydrogens (primary N) is 1. The molecule has 0 amide bonds. The smallest absolute Gasteiger partial charge is 0.325 e. The SMILES string of the molecule is CC(O)C(N)C(=O)OCCc1ccccc1. The van der Waals surface area contributed by atoms with Crippen molar-refractivity contribution < 1.29 is 14.6 Å². The molecular weight excluding hydrogens is 206 g/mol. The van der Waals surface area contributed by atoms with Crippen LogP contribution in [0, 0.1) is 0 Å². The summed E-state index contributed by atoms with van der Waals surface area (Å²) >= 11 is 0. The molecule has 1 rings (SSSR count). The van der Waals surface area contributed by atoms with E-state index < -0.39 is 18.1 Å². The predicted octanol–water partition coefficient (Wildman–Crippen LogP) is 0.480. The van der Waals surface area contributed by atoms with Gasteiger partial charge in [0.2, 0.25) is 0 Å². The molecule has 0 saturated carbocycles. The first-order valence-electron chi connectivity index (χ1n) is 5.25. The van der Waals surface area contributed by atoms with Crippen molar-refractivity contribution in [2.45, 2.75) is 25.5 Å². The van der Waals surface area contributed by atoms with Gasteiger partial charge in [0.15, 0.2) is 0 Å². The zero-order valence-electron chi connectivity index (χ0n) is 9.30. The zero-order valence-corrected chi connectivity index (χ0v) is 9.30. The second-order valence-corrected chi connectivity index (χ2v) is 3.67. The lowest BCUT2D eigenvalue weighted by Gasteiger charge is -2.13. The van der Waals surface area contributed by atoms with Gasteiger partial charge < -0.3 is 15.6 Å². The molecule has 0 aliphatic heterocycles. The van der Waals surface area contributed by atoms with Crippen molar-refractivity contribution in [3.63, 3.8) is 0 Å². The first-order valence-corrected chi connectivity index (χ1v) is 5.25. The van der Waals surface area contributed by atoms with E-state index in [1.54, 1.807) is 0 Å². The van der Waals surface area contributed by atoms with E-state index >= 15 is 0 Å². The molecule has 0 aliphatic rings. The number of aliphatic hydroxyl groups excluding tert-OH is 1. The van der Waals surface area contributed by atoms with Gasteiger partial charge in [-0.05, 0) is 12.5 Å². The Balaban J connectivity index is 2.28. The molecular formula is C12H17NO3. The maximum absolute atomic E-state index is 11.3. The highest BCUT2D eigenvalue weighted by atomic mass is 16.5. The van der Waals surface area contributed by atoms with Crippen molar-refractivity contribution in [2.75, 3.05) is 6.61 Å². The van der Waals surface area contributed by atoms with Crippen LogP contribution in [0.5, 0.6) is 0 Å². The van der Waals surface area contributed by atoms with Crippen molar-refractivity contribution in [3.8, 4) is 0 Å². The molecule has 1 aromatic carbocycles. The molecule has 0 heterocycles. The molecule has 0 aromatic heterocycles. The maximum Gasteiger partial charge on any atom is 0.325 e. The van der Waals surface area contributed by atoms with Gasteiger partial charge in [-0.3, -0.25) is 4.79 Å². The predicted molar refractivity (Wildman–Crippen MR) is 60.8 cm³/mol. The Bertz CT molecular complexity index is 324. The second-order valence-electron chi connectivity index (χ2n) is 3.67. The number of carbonyl (C=O) groups excluding carboxylic acids is 1. The third kappa shape index (κ3) is 4.00. The van der Waals surface area contributed by atoms with Crippen LogP contribution in [-0.4, -0.2) is 29.8 Å². The monoisotopic (exact) mass is 223 g/mol. The number of carbonyl (C=O) groups is 1. The summed E-state index contributed by atoms with van der Waals surface area (Å²) in [6.45, 7) is 1.74. The largest absolute Gasteiger partial charge is 0.464 e. The van der Waals surface area contributed by atoms with Gasteiger partial charge >= 0.3 is 5.97 Å². The number of esters is 1. The summed E-state index contributed by atoms with van der Waals surface area (Å²) in [5, 5.41) is 9.08. The van der Waals surface area contributed by atoms with Crippen molar-refractivity contribution in [1.29, 1.82) is 0 Å². The standard InChI is InChI=1S/C12H17NO3/c1-9(14)11(13)12(15)16-8-7-10-5-3-2-4-6-10/h2-6,9,11,14H,7-8,13H2,1H3. The summed E-state index contributed by atoms with van der Waals surface area (Å²) in [7, 11) is 0. The lowest BCUT2D eigenvalue weighted by atomic mass is 10.2. The van der Waals surface area contributed by atoms with Gasteiger partial charge in [-0.1, -0.05) is 30.3 Å². The zero-order chi connectivity index (χ0) is 12.0. The van der Waals surface area contributed by atoms with Gasteiger partial charge in [-0.15, -0.1) is 0 Å². The van der Waals surface area contributed by atoms with Crippen LogP contribution in [0.4, 0.5) is 0 Å². The van der Waals surface area contributed by atoms with E-state index in [4.69, 9.17) is 15.6 Å². The van der Waals surface area contributed by atoms with Crippen LogP contribution >= 0.6 is 0 Å².